The van der Waals surface area contributed by atoms with E-state index in [1.54, 1.807) is 25.7 Å². The minimum Gasteiger partial charge on any atom is -0.780 e. The summed E-state index contributed by atoms with van der Waals surface area (Å²) < 4.78 is 4.71. The smallest absolute Gasteiger partial charge is 0.780 e. The van der Waals surface area contributed by atoms with Gasteiger partial charge in [-0.2, -0.15) is 0 Å². The molecule has 7 unspecified atom stereocenters. The molecule has 0 heterocycles. The Hall–Kier alpha value is 2.17. The fourth-order valence-electron chi connectivity index (χ4n) is 5.47. The van der Waals surface area contributed by atoms with E-state index in [0.717, 1.165) is 48.3 Å². The molecule has 3 fully saturated rings. The maximum Gasteiger partial charge on any atom is 1.00 e. The van der Waals surface area contributed by atoms with E-state index < -0.39 is 6.72 Å². The van der Waals surface area contributed by atoms with Crippen LogP contribution in [-0.4, -0.2) is 11.5 Å². The van der Waals surface area contributed by atoms with E-state index in [2.05, 4.69) is 18.7 Å². The van der Waals surface area contributed by atoms with Gasteiger partial charge < -0.3 is 14.3 Å². The molecule has 0 aromatic carbocycles. The summed E-state index contributed by atoms with van der Waals surface area (Å²) in [5.41, 5.74) is 0. The molecule has 3 saturated carbocycles. The number of hydrogen-bond acceptors (Lipinski definition) is 3. The second-order valence-electron chi connectivity index (χ2n) is 10.1. The molecule has 3 aliphatic rings. The van der Waals surface area contributed by atoms with Crippen LogP contribution in [0.3, 0.4) is 0 Å². The summed E-state index contributed by atoms with van der Waals surface area (Å²) in [6.07, 6.45) is 20.6. The zero-order valence-corrected chi connectivity index (χ0v) is 23.7. The van der Waals surface area contributed by atoms with E-state index >= 15 is 0 Å². The van der Waals surface area contributed by atoms with Crippen LogP contribution >= 0.6 is 6.72 Å². The van der Waals surface area contributed by atoms with E-state index in [4.69, 9.17) is 9.42 Å². The summed E-state index contributed by atoms with van der Waals surface area (Å²) in [4.78, 5) is 19.7. The van der Waals surface area contributed by atoms with E-state index in [9.17, 15) is 4.89 Å². The normalized spacial score (nSPS) is 34.3. The third-order valence-electron chi connectivity index (χ3n) is 7.67. The molecule has 7 atom stereocenters. The first-order chi connectivity index (χ1) is 13.5. The Bertz CT molecular complexity index is 514. The number of hydrogen-bond donors (Lipinski definition) is 1. The zero-order chi connectivity index (χ0) is 20.0. The third-order valence-corrected chi connectivity index (χ3v) is 8.49. The Balaban J connectivity index is 0.00000300. The molecule has 0 bridgehead atoms. The van der Waals surface area contributed by atoms with E-state index in [1.807, 2.05) is 0 Å². The topological polar surface area (TPSA) is 52.5 Å². The number of unbranched alkanes of at least 4 members (excludes halogenated alkanes) is 7. The average molecular weight is 469 g/mol. The van der Waals surface area contributed by atoms with Gasteiger partial charge in [-0.15, -0.1) is 0 Å². The van der Waals surface area contributed by atoms with Gasteiger partial charge in [0.2, 0.25) is 0 Å². The van der Waals surface area contributed by atoms with Crippen molar-refractivity contribution in [3.63, 3.8) is 0 Å². The van der Waals surface area contributed by atoms with Crippen LogP contribution in [0.1, 0.15) is 103 Å². The first-order valence-electron chi connectivity index (χ1n) is 12.1. The van der Waals surface area contributed by atoms with Crippen LogP contribution in [0, 0.1) is 35.5 Å². The van der Waals surface area contributed by atoms with Crippen LogP contribution in [0.5, 0.6) is 0 Å². The van der Waals surface area contributed by atoms with Gasteiger partial charge in [-0.25, -0.2) is 0 Å². The van der Waals surface area contributed by atoms with Gasteiger partial charge in [-0.3, -0.25) is 0 Å². The summed E-state index contributed by atoms with van der Waals surface area (Å²) in [6, 6.07) is 0. The fourth-order valence-corrected chi connectivity index (χ4v) is 6.05. The second-order valence-corrected chi connectivity index (χ2v) is 12.6. The minimum atomic E-state index is -3.68. The zero-order valence-electron chi connectivity index (χ0n) is 18.9. The Morgan fingerprint density at radius 2 is 1.24 bits per heavy atom. The molecule has 0 spiro atoms. The molecular formula is C23H42KO3PS. The van der Waals surface area contributed by atoms with Crippen molar-refractivity contribution in [3.05, 3.63) is 0 Å². The van der Waals surface area contributed by atoms with Crippen LogP contribution in [0.2, 0.25) is 0 Å². The average Bonchev–Trinajstić information content (AvgIpc) is 3.53. The van der Waals surface area contributed by atoms with Crippen LogP contribution in [0.4, 0.5) is 0 Å². The summed E-state index contributed by atoms with van der Waals surface area (Å²) in [7, 11) is 0. The van der Waals surface area contributed by atoms with Crippen LogP contribution in [-0.2, 0) is 16.3 Å². The molecule has 3 rings (SSSR count). The van der Waals surface area contributed by atoms with E-state index in [-0.39, 0.29) is 51.4 Å². The first kappa shape index (κ1) is 27.4. The molecule has 3 aliphatic carbocycles. The molecule has 164 valence electrons. The largest absolute Gasteiger partial charge is 1.00 e. The van der Waals surface area contributed by atoms with Gasteiger partial charge in [0.25, 0.3) is 0 Å². The van der Waals surface area contributed by atoms with Gasteiger partial charge in [0.15, 0.2) is 0 Å². The Kier molecular flexibility index (Phi) is 13.0. The summed E-state index contributed by atoms with van der Waals surface area (Å²) in [5, 5.41) is 0. The van der Waals surface area contributed by atoms with Gasteiger partial charge in [-0.05, 0) is 74.0 Å². The SMILES string of the molecule is CCC1CC1CC1CC1CC1CC1CCCCCCCCCCOP([O-])(O)=S.[K+]. The van der Waals surface area contributed by atoms with Gasteiger partial charge >= 0.3 is 51.4 Å². The molecule has 3 nitrogen and oxygen atoms in total. The molecule has 0 amide bonds. The predicted molar refractivity (Wildman–Crippen MR) is 118 cm³/mol. The standard InChI is InChI=1S/C23H43O3PS.K/c1-2-18-13-20(18)15-22-17-23(22)16-21-14-19(21)11-9-7-5-3-4-6-8-10-12-26-27(24,25)28;/h18-23H,2-17H2,1H3,(H2,24,25,28);/q;+1/p-1. The van der Waals surface area contributed by atoms with Crippen molar-refractivity contribution >= 4 is 18.5 Å². The Morgan fingerprint density at radius 3 is 1.79 bits per heavy atom. The van der Waals surface area contributed by atoms with Crippen LogP contribution in [0.25, 0.3) is 0 Å². The Morgan fingerprint density at radius 1 is 0.793 bits per heavy atom. The molecule has 0 radical (unpaired) electrons. The molecule has 0 aromatic heterocycles. The minimum absolute atomic E-state index is 0. The number of rotatable bonds is 17. The quantitative estimate of drug-likeness (QED) is 0.202. The van der Waals surface area contributed by atoms with Gasteiger partial charge in [0.1, 0.15) is 6.72 Å². The fraction of sp³-hybridized carbons (Fsp3) is 1.00. The molecule has 6 heteroatoms. The van der Waals surface area contributed by atoms with Crippen molar-refractivity contribution in [2.45, 2.75) is 103 Å². The van der Waals surface area contributed by atoms with E-state index in [0.29, 0.717) is 6.61 Å². The second kappa shape index (κ2) is 13.8. The van der Waals surface area contributed by atoms with Crippen molar-refractivity contribution in [2.24, 2.45) is 35.5 Å². The molecular weight excluding hydrogens is 426 g/mol. The molecule has 1 N–H and O–H groups in total. The molecule has 0 aliphatic heterocycles. The van der Waals surface area contributed by atoms with Crippen molar-refractivity contribution in [3.8, 4) is 0 Å². The van der Waals surface area contributed by atoms with Crippen LogP contribution in [0.15, 0.2) is 0 Å². The monoisotopic (exact) mass is 468 g/mol. The molecule has 0 saturated heterocycles. The van der Waals surface area contributed by atoms with Crippen LogP contribution < -0.4 is 56.3 Å². The summed E-state index contributed by atoms with van der Waals surface area (Å²) in [6.45, 7) is -0.994. The maximum absolute atomic E-state index is 10.8. The first-order valence-corrected chi connectivity index (χ1v) is 14.7. The van der Waals surface area contributed by atoms with Crippen molar-refractivity contribution in [1.82, 2.24) is 0 Å². The maximum atomic E-state index is 10.8. The molecule has 29 heavy (non-hydrogen) atoms. The summed E-state index contributed by atoms with van der Waals surface area (Å²) >= 11 is 4.32. The molecule has 0 aromatic rings. The van der Waals surface area contributed by atoms with Gasteiger partial charge in [0.05, 0.1) is 6.61 Å². The van der Waals surface area contributed by atoms with Gasteiger partial charge in [-0.1, -0.05) is 76.5 Å². The third kappa shape index (κ3) is 11.7. The van der Waals surface area contributed by atoms with Crippen molar-refractivity contribution in [1.29, 1.82) is 0 Å². The van der Waals surface area contributed by atoms with Gasteiger partial charge in [0, 0.05) is 0 Å². The van der Waals surface area contributed by atoms with Crippen molar-refractivity contribution < 1.29 is 65.7 Å². The van der Waals surface area contributed by atoms with E-state index in [1.165, 1.54) is 57.8 Å². The van der Waals surface area contributed by atoms with Crippen molar-refractivity contribution in [2.75, 3.05) is 6.61 Å². The Labute approximate surface area is 227 Å². The predicted octanol–water partition coefficient (Wildman–Crippen LogP) is 3.19. The summed E-state index contributed by atoms with van der Waals surface area (Å²) in [5.74, 6) is 6.64.